The van der Waals surface area contributed by atoms with Gasteiger partial charge >= 0.3 is 0 Å². The number of thiazole rings is 1. The van der Waals surface area contributed by atoms with E-state index in [1.54, 1.807) is 11.3 Å². The maximum atomic E-state index is 5.94. The first-order valence-corrected chi connectivity index (χ1v) is 8.03. The minimum absolute atomic E-state index is 0.327. The van der Waals surface area contributed by atoms with Gasteiger partial charge in [0.25, 0.3) is 0 Å². The van der Waals surface area contributed by atoms with E-state index in [4.69, 9.17) is 5.73 Å². The Labute approximate surface area is 125 Å². The molecule has 1 heterocycles. The zero-order valence-corrected chi connectivity index (χ0v) is 13.0. The lowest BCUT2D eigenvalue weighted by Crippen LogP contribution is -2.20. The van der Waals surface area contributed by atoms with Crippen LogP contribution in [0.4, 0.5) is 5.69 Å². The molecule has 0 aliphatic carbocycles. The van der Waals surface area contributed by atoms with Gasteiger partial charge in [0.1, 0.15) is 5.01 Å². The van der Waals surface area contributed by atoms with Crippen LogP contribution in [0.3, 0.4) is 0 Å². The van der Waals surface area contributed by atoms with Crippen LogP contribution in [0.2, 0.25) is 0 Å². The first kappa shape index (κ1) is 15.0. The van der Waals surface area contributed by atoms with E-state index in [0.29, 0.717) is 6.04 Å². The van der Waals surface area contributed by atoms with Gasteiger partial charge in [-0.25, -0.2) is 4.98 Å². The number of aryl methyl sites for hydroxylation is 2. The molecule has 0 amide bonds. The number of rotatable bonds is 7. The van der Waals surface area contributed by atoms with Gasteiger partial charge in [0.2, 0.25) is 0 Å². The molecule has 2 aromatic rings. The number of nitrogens with two attached hydrogens (primary N) is 1. The Morgan fingerprint density at radius 1 is 1.35 bits per heavy atom. The van der Waals surface area contributed by atoms with Crippen molar-refractivity contribution in [2.45, 2.75) is 39.2 Å². The summed E-state index contributed by atoms with van der Waals surface area (Å²) in [5.74, 6) is 0. The molecule has 0 fully saturated rings. The number of nitrogen functional groups attached to an aromatic ring is 1. The highest BCUT2D eigenvalue weighted by molar-refractivity contribution is 7.11. The van der Waals surface area contributed by atoms with Crippen LogP contribution in [-0.4, -0.2) is 11.5 Å². The Morgan fingerprint density at radius 2 is 2.15 bits per heavy atom. The zero-order valence-electron chi connectivity index (χ0n) is 12.2. The third-order valence-electron chi connectivity index (χ3n) is 3.42. The van der Waals surface area contributed by atoms with E-state index in [-0.39, 0.29) is 0 Å². The van der Waals surface area contributed by atoms with Crippen LogP contribution in [0, 0.1) is 0 Å². The molecule has 3 nitrogen and oxygen atoms in total. The van der Waals surface area contributed by atoms with Gasteiger partial charge in [0.15, 0.2) is 0 Å². The predicted molar refractivity (Wildman–Crippen MR) is 87.1 cm³/mol. The molecule has 108 valence electrons. The monoisotopic (exact) mass is 289 g/mol. The van der Waals surface area contributed by atoms with Gasteiger partial charge < -0.3 is 11.1 Å². The van der Waals surface area contributed by atoms with E-state index in [0.717, 1.165) is 31.5 Å². The van der Waals surface area contributed by atoms with Crippen molar-refractivity contribution in [2.75, 3.05) is 12.3 Å². The van der Waals surface area contributed by atoms with Crippen molar-refractivity contribution >= 4 is 17.0 Å². The first-order chi connectivity index (χ1) is 9.70. The number of benzene rings is 1. The number of para-hydroxylation sites is 1. The molecule has 1 aromatic heterocycles. The SMILES string of the molecule is CCc1cnc(C(C)NCCCc2ccccc2N)s1. The summed E-state index contributed by atoms with van der Waals surface area (Å²) in [4.78, 5) is 5.83. The van der Waals surface area contributed by atoms with Gasteiger partial charge in [0.05, 0.1) is 6.04 Å². The van der Waals surface area contributed by atoms with Crippen LogP contribution in [-0.2, 0) is 12.8 Å². The highest BCUT2D eigenvalue weighted by atomic mass is 32.1. The van der Waals surface area contributed by atoms with Crippen LogP contribution in [0.25, 0.3) is 0 Å². The van der Waals surface area contributed by atoms with Crippen molar-refractivity contribution in [3.05, 3.63) is 45.9 Å². The van der Waals surface area contributed by atoms with Crippen LogP contribution < -0.4 is 11.1 Å². The molecule has 0 radical (unpaired) electrons. The van der Waals surface area contributed by atoms with Gasteiger partial charge in [-0.05, 0) is 44.4 Å². The zero-order chi connectivity index (χ0) is 14.4. The number of anilines is 1. The van der Waals surface area contributed by atoms with E-state index in [9.17, 15) is 0 Å². The smallest absolute Gasteiger partial charge is 0.109 e. The lowest BCUT2D eigenvalue weighted by Gasteiger charge is -2.11. The maximum absolute atomic E-state index is 5.94. The molecule has 2 rings (SSSR count). The molecule has 3 N–H and O–H groups in total. The van der Waals surface area contributed by atoms with Crippen LogP contribution in [0.15, 0.2) is 30.5 Å². The molecule has 0 saturated heterocycles. The largest absolute Gasteiger partial charge is 0.399 e. The third-order valence-corrected chi connectivity index (χ3v) is 4.74. The fraction of sp³-hybridized carbons (Fsp3) is 0.438. The fourth-order valence-electron chi connectivity index (χ4n) is 2.13. The second-order valence-corrected chi connectivity index (χ2v) is 6.14. The molecule has 20 heavy (non-hydrogen) atoms. The molecule has 0 spiro atoms. The summed E-state index contributed by atoms with van der Waals surface area (Å²) < 4.78 is 0. The first-order valence-electron chi connectivity index (χ1n) is 7.22. The molecule has 1 aromatic carbocycles. The lowest BCUT2D eigenvalue weighted by molar-refractivity contribution is 0.556. The molecule has 0 aliphatic heterocycles. The number of hydrogen-bond donors (Lipinski definition) is 2. The Hall–Kier alpha value is -1.39. The molecule has 4 heteroatoms. The number of hydrogen-bond acceptors (Lipinski definition) is 4. The second-order valence-electron chi connectivity index (χ2n) is 5.00. The quantitative estimate of drug-likeness (QED) is 0.605. The van der Waals surface area contributed by atoms with Crippen LogP contribution in [0.5, 0.6) is 0 Å². The summed E-state index contributed by atoms with van der Waals surface area (Å²) in [6.45, 7) is 5.32. The number of nitrogens with one attached hydrogen (secondary N) is 1. The minimum Gasteiger partial charge on any atom is -0.399 e. The van der Waals surface area contributed by atoms with Gasteiger partial charge in [0, 0.05) is 16.8 Å². The van der Waals surface area contributed by atoms with Crippen molar-refractivity contribution in [1.29, 1.82) is 0 Å². The van der Waals surface area contributed by atoms with Gasteiger partial charge in [-0.2, -0.15) is 0 Å². The van der Waals surface area contributed by atoms with Crippen molar-refractivity contribution in [2.24, 2.45) is 0 Å². The number of aromatic nitrogens is 1. The van der Waals surface area contributed by atoms with E-state index in [1.807, 2.05) is 24.4 Å². The van der Waals surface area contributed by atoms with Crippen molar-refractivity contribution in [1.82, 2.24) is 10.3 Å². The summed E-state index contributed by atoms with van der Waals surface area (Å²) in [7, 11) is 0. The van der Waals surface area contributed by atoms with E-state index >= 15 is 0 Å². The number of nitrogens with zero attached hydrogens (tertiary/aromatic N) is 1. The molecule has 0 saturated carbocycles. The Bertz CT molecular complexity index is 536. The van der Waals surface area contributed by atoms with Crippen molar-refractivity contribution < 1.29 is 0 Å². The normalized spacial score (nSPS) is 12.5. The van der Waals surface area contributed by atoms with Crippen molar-refractivity contribution in [3.63, 3.8) is 0 Å². The average molecular weight is 289 g/mol. The van der Waals surface area contributed by atoms with E-state index in [1.165, 1.54) is 15.4 Å². The minimum atomic E-state index is 0.327. The Morgan fingerprint density at radius 3 is 2.85 bits per heavy atom. The molecular weight excluding hydrogens is 266 g/mol. The summed E-state index contributed by atoms with van der Waals surface area (Å²) >= 11 is 1.80. The summed E-state index contributed by atoms with van der Waals surface area (Å²) in [5.41, 5.74) is 8.08. The third kappa shape index (κ3) is 4.05. The average Bonchev–Trinajstić information content (AvgIpc) is 2.94. The highest BCUT2D eigenvalue weighted by Crippen LogP contribution is 2.20. The summed E-state index contributed by atoms with van der Waals surface area (Å²) in [5, 5.41) is 4.71. The summed E-state index contributed by atoms with van der Waals surface area (Å²) in [6.07, 6.45) is 5.16. The molecular formula is C16H23N3S. The second kappa shape index (κ2) is 7.41. The fourth-order valence-corrected chi connectivity index (χ4v) is 3.02. The lowest BCUT2D eigenvalue weighted by atomic mass is 10.1. The molecule has 1 unspecified atom stereocenters. The topological polar surface area (TPSA) is 50.9 Å². The maximum Gasteiger partial charge on any atom is 0.109 e. The van der Waals surface area contributed by atoms with E-state index in [2.05, 4.69) is 30.2 Å². The Balaban J connectivity index is 1.74. The van der Waals surface area contributed by atoms with Gasteiger partial charge in [-0.3, -0.25) is 0 Å². The van der Waals surface area contributed by atoms with Gasteiger partial charge in [-0.1, -0.05) is 25.1 Å². The molecule has 1 atom stereocenters. The van der Waals surface area contributed by atoms with Crippen LogP contribution >= 0.6 is 11.3 Å². The van der Waals surface area contributed by atoms with Crippen molar-refractivity contribution in [3.8, 4) is 0 Å². The van der Waals surface area contributed by atoms with Gasteiger partial charge in [-0.15, -0.1) is 11.3 Å². The molecule has 0 bridgehead atoms. The highest BCUT2D eigenvalue weighted by Gasteiger charge is 2.09. The Kier molecular flexibility index (Phi) is 5.56. The summed E-state index contributed by atoms with van der Waals surface area (Å²) in [6, 6.07) is 8.42. The van der Waals surface area contributed by atoms with Crippen LogP contribution in [0.1, 0.15) is 41.8 Å². The standard InChI is InChI=1S/C16H23N3S/c1-3-14-11-19-16(20-14)12(2)18-10-6-8-13-7-4-5-9-15(13)17/h4-5,7,9,11-12,18H,3,6,8,10,17H2,1-2H3. The predicted octanol–water partition coefficient (Wildman–Crippen LogP) is 3.57. The molecule has 0 aliphatic rings. The van der Waals surface area contributed by atoms with E-state index < -0.39 is 0 Å².